The van der Waals surface area contributed by atoms with E-state index in [1.807, 2.05) is 13.8 Å². The van der Waals surface area contributed by atoms with E-state index in [1.165, 1.54) is 37.5 Å². The Morgan fingerprint density at radius 3 is 2.39 bits per heavy atom. The van der Waals surface area contributed by atoms with Crippen LogP contribution in [-0.4, -0.2) is 65.2 Å². The largest absolute Gasteiger partial charge is 0.481 e. The number of aliphatic hydroxyl groups is 2. The molecule has 1 aromatic heterocycles. The van der Waals surface area contributed by atoms with E-state index in [4.69, 9.17) is 5.11 Å². The molecule has 0 fully saturated rings. The molecule has 1 aromatic carbocycles. The first-order chi connectivity index (χ1) is 15.2. The summed E-state index contributed by atoms with van der Waals surface area (Å²) in [6, 6.07) is 5.82. The van der Waals surface area contributed by atoms with Gasteiger partial charge in [-0.25, -0.2) is 27.1 Å². The SMILES string of the molecule is CN(c1ncc(C=C[C@@H](O)C[C@@H](O)CC(=O)O)c(C(C)(C)c2ccc(F)cc2)n1)S(C)(=O)=O. The molecule has 2 rings (SSSR count). The van der Waals surface area contributed by atoms with Crippen LogP contribution in [0.4, 0.5) is 10.3 Å². The lowest BCUT2D eigenvalue weighted by Crippen LogP contribution is -2.29. The van der Waals surface area contributed by atoms with Gasteiger partial charge in [-0.3, -0.25) is 4.79 Å². The smallest absolute Gasteiger partial charge is 0.305 e. The number of carboxylic acids is 1. The second-order valence-corrected chi connectivity index (χ2v) is 10.3. The lowest BCUT2D eigenvalue weighted by Gasteiger charge is -2.28. The van der Waals surface area contributed by atoms with Crippen LogP contribution in [0.1, 0.15) is 43.5 Å². The van der Waals surface area contributed by atoms with E-state index in [2.05, 4.69) is 9.97 Å². The van der Waals surface area contributed by atoms with Crippen LogP contribution < -0.4 is 4.31 Å². The molecule has 0 saturated carbocycles. The van der Waals surface area contributed by atoms with Gasteiger partial charge in [0.1, 0.15) is 5.82 Å². The highest BCUT2D eigenvalue weighted by atomic mass is 32.2. The predicted octanol–water partition coefficient (Wildman–Crippen LogP) is 1.94. The molecule has 33 heavy (non-hydrogen) atoms. The number of hydrogen-bond donors (Lipinski definition) is 3. The Hall–Kier alpha value is -2.89. The Morgan fingerprint density at radius 1 is 1.24 bits per heavy atom. The molecular formula is C22H28FN3O6S. The highest BCUT2D eigenvalue weighted by molar-refractivity contribution is 7.92. The summed E-state index contributed by atoms with van der Waals surface area (Å²) in [6.07, 6.45) is 2.27. The summed E-state index contributed by atoms with van der Waals surface area (Å²) >= 11 is 0. The van der Waals surface area contributed by atoms with Gasteiger partial charge >= 0.3 is 5.97 Å². The molecule has 0 amide bonds. The fraction of sp³-hybridized carbons (Fsp3) is 0.409. The van der Waals surface area contributed by atoms with Crippen LogP contribution in [0.3, 0.4) is 0 Å². The molecule has 0 spiro atoms. The van der Waals surface area contributed by atoms with Crippen molar-refractivity contribution in [3.05, 3.63) is 59.2 Å². The van der Waals surface area contributed by atoms with Crippen molar-refractivity contribution in [2.24, 2.45) is 0 Å². The van der Waals surface area contributed by atoms with Gasteiger partial charge in [-0.05, 0) is 17.7 Å². The molecule has 0 unspecified atom stereocenters. The van der Waals surface area contributed by atoms with Crippen LogP contribution in [0, 0.1) is 5.82 Å². The van der Waals surface area contributed by atoms with Crippen molar-refractivity contribution in [2.75, 3.05) is 17.6 Å². The third kappa shape index (κ3) is 7.04. The van der Waals surface area contributed by atoms with Crippen LogP contribution in [0.25, 0.3) is 6.08 Å². The number of carbonyl (C=O) groups is 1. The summed E-state index contributed by atoms with van der Waals surface area (Å²) in [5.74, 6) is -1.64. The van der Waals surface area contributed by atoms with Crippen molar-refractivity contribution in [1.29, 1.82) is 0 Å². The number of aliphatic hydroxyl groups excluding tert-OH is 2. The summed E-state index contributed by atoms with van der Waals surface area (Å²) in [5, 5.41) is 28.6. The Bertz CT molecular complexity index is 1120. The van der Waals surface area contributed by atoms with Gasteiger partial charge in [-0.1, -0.05) is 38.1 Å². The van der Waals surface area contributed by atoms with Crippen molar-refractivity contribution in [3.8, 4) is 0 Å². The van der Waals surface area contributed by atoms with E-state index in [-0.39, 0.29) is 12.4 Å². The Balaban J connectivity index is 2.49. The number of benzene rings is 1. The zero-order chi connectivity index (χ0) is 25.0. The van der Waals surface area contributed by atoms with Gasteiger partial charge in [0.2, 0.25) is 16.0 Å². The van der Waals surface area contributed by atoms with Crippen molar-refractivity contribution in [3.63, 3.8) is 0 Å². The molecule has 0 bridgehead atoms. The van der Waals surface area contributed by atoms with Crippen LogP contribution in [0.15, 0.2) is 36.5 Å². The van der Waals surface area contributed by atoms with E-state index in [0.29, 0.717) is 16.8 Å². The second kappa shape index (κ2) is 10.4. The van der Waals surface area contributed by atoms with Gasteiger partial charge in [0.25, 0.3) is 0 Å². The maximum absolute atomic E-state index is 13.5. The van der Waals surface area contributed by atoms with Crippen molar-refractivity contribution < 1.29 is 32.9 Å². The number of halogens is 1. The van der Waals surface area contributed by atoms with Gasteiger partial charge < -0.3 is 15.3 Å². The monoisotopic (exact) mass is 481 g/mol. The lowest BCUT2D eigenvalue weighted by molar-refractivity contribution is -0.139. The number of sulfonamides is 1. The molecule has 0 saturated heterocycles. The average molecular weight is 482 g/mol. The zero-order valence-corrected chi connectivity index (χ0v) is 19.6. The minimum atomic E-state index is -3.63. The van der Waals surface area contributed by atoms with Gasteiger partial charge in [-0.2, -0.15) is 0 Å². The molecule has 0 aliphatic rings. The van der Waals surface area contributed by atoms with Crippen LogP contribution >= 0.6 is 0 Å². The molecule has 11 heteroatoms. The number of rotatable bonds is 10. The Morgan fingerprint density at radius 2 is 1.85 bits per heavy atom. The first-order valence-corrected chi connectivity index (χ1v) is 11.9. The van der Waals surface area contributed by atoms with Gasteiger partial charge in [0.05, 0.1) is 30.6 Å². The summed E-state index contributed by atoms with van der Waals surface area (Å²) in [5.41, 5.74) is 0.783. The van der Waals surface area contributed by atoms with Crippen molar-refractivity contribution in [1.82, 2.24) is 9.97 Å². The van der Waals surface area contributed by atoms with Crippen molar-refractivity contribution >= 4 is 28.0 Å². The van der Waals surface area contributed by atoms with E-state index in [9.17, 15) is 27.8 Å². The summed E-state index contributed by atoms with van der Waals surface area (Å²) in [6.45, 7) is 3.66. The second-order valence-electron chi connectivity index (χ2n) is 8.25. The fourth-order valence-corrected chi connectivity index (χ4v) is 3.55. The van der Waals surface area contributed by atoms with Gasteiger partial charge in [-0.15, -0.1) is 0 Å². The standard InChI is InChI=1S/C22H28FN3O6S/c1-22(2,15-6-8-16(23)9-7-15)20-14(5-10-17(27)11-18(28)12-19(29)30)13-24-21(25-20)26(3)33(4,31)32/h5-10,13,17-18,27-28H,11-12H2,1-4H3,(H,29,30)/t17-,18-/m1/s1. The Labute approximate surface area is 192 Å². The predicted molar refractivity (Wildman–Crippen MR) is 122 cm³/mol. The molecule has 2 atom stereocenters. The molecule has 3 N–H and O–H groups in total. The molecule has 2 aromatic rings. The number of hydrogen-bond acceptors (Lipinski definition) is 7. The summed E-state index contributed by atoms with van der Waals surface area (Å²) in [7, 11) is -2.30. The highest BCUT2D eigenvalue weighted by Crippen LogP contribution is 2.34. The van der Waals surface area contributed by atoms with Crippen molar-refractivity contribution in [2.45, 2.75) is 44.3 Å². The molecule has 0 aliphatic carbocycles. The minimum Gasteiger partial charge on any atom is -0.481 e. The number of carboxylic acid groups (broad SMARTS) is 1. The normalized spacial score (nSPS) is 14.3. The van der Waals surface area contributed by atoms with E-state index in [1.54, 1.807) is 12.1 Å². The van der Waals surface area contributed by atoms with E-state index in [0.717, 1.165) is 10.6 Å². The topological polar surface area (TPSA) is 141 Å². The quantitative estimate of drug-likeness (QED) is 0.468. The molecule has 0 radical (unpaired) electrons. The molecule has 0 aliphatic heterocycles. The molecule has 1 heterocycles. The van der Waals surface area contributed by atoms with Crippen LogP contribution in [0.5, 0.6) is 0 Å². The number of anilines is 1. The van der Waals surface area contributed by atoms with Crippen LogP contribution in [-0.2, 0) is 20.2 Å². The first-order valence-electron chi connectivity index (χ1n) is 10.1. The third-order valence-electron chi connectivity index (χ3n) is 5.16. The van der Waals surface area contributed by atoms with E-state index >= 15 is 0 Å². The number of nitrogens with zero attached hydrogens (tertiary/aromatic N) is 3. The minimum absolute atomic E-state index is 0.0581. The average Bonchev–Trinajstić information content (AvgIpc) is 2.70. The summed E-state index contributed by atoms with van der Waals surface area (Å²) < 4.78 is 38.3. The number of aliphatic carboxylic acids is 1. The highest BCUT2D eigenvalue weighted by Gasteiger charge is 2.29. The van der Waals surface area contributed by atoms with Gasteiger partial charge in [0.15, 0.2) is 0 Å². The van der Waals surface area contributed by atoms with Crippen LogP contribution in [0.2, 0.25) is 0 Å². The Kier molecular flexibility index (Phi) is 8.28. The number of aromatic nitrogens is 2. The van der Waals surface area contributed by atoms with Gasteiger partial charge in [0, 0.05) is 30.6 Å². The zero-order valence-electron chi connectivity index (χ0n) is 18.8. The first kappa shape index (κ1) is 26.4. The molecule has 9 nitrogen and oxygen atoms in total. The lowest BCUT2D eigenvalue weighted by atomic mass is 9.79. The fourth-order valence-electron chi connectivity index (χ4n) is 3.16. The maximum atomic E-state index is 13.5. The maximum Gasteiger partial charge on any atom is 0.305 e. The van der Waals surface area contributed by atoms with E-state index < -0.39 is 45.9 Å². The molecule has 180 valence electrons. The third-order valence-corrected chi connectivity index (χ3v) is 6.32. The summed E-state index contributed by atoms with van der Waals surface area (Å²) in [4.78, 5) is 19.3. The molecular weight excluding hydrogens is 453 g/mol.